The summed E-state index contributed by atoms with van der Waals surface area (Å²) >= 11 is 0. The van der Waals surface area contributed by atoms with E-state index in [4.69, 9.17) is 15.0 Å². The van der Waals surface area contributed by atoms with E-state index in [9.17, 15) is 0 Å². The smallest absolute Gasteiger partial charge is 0.116 e. The molecule has 0 bridgehead atoms. The molecular formula is C9H22O3. The number of aldehydes is 1. The van der Waals surface area contributed by atoms with Gasteiger partial charge in [0.1, 0.15) is 6.29 Å². The average molecular weight is 178 g/mol. The summed E-state index contributed by atoms with van der Waals surface area (Å²) in [6.45, 7) is 7.42. The van der Waals surface area contributed by atoms with Gasteiger partial charge in [-0.2, -0.15) is 0 Å². The van der Waals surface area contributed by atoms with Gasteiger partial charge in [0.05, 0.1) is 6.10 Å². The van der Waals surface area contributed by atoms with Gasteiger partial charge in [-0.1, -0.05) is 13.8 Å². The number of hydrogen-bond acceptors (Lipinski definition) is 3. The lowest BCUT2D eigenvalue weighted by atomic mass is 10.3. The van der Waals surface area contributed by atoms with Crippen LogP contribution in [0.25, 0.3) is 0 Å². The highest BCUT2D eigenvalue weighted by atomic mass is 16.3. The Hall–Kier alpha value is -0.410. The molecule has 76 valence electrons. The predicted molar refractivity (Wildman–Crippen MR) is 51.1 cm³/mol. The van der Waals surface area contributed by atoms with Crippen LogP contribution >= 0.6 is 0 Å². The summed E-state index contributed by atoms with van der Waals surface area (Å²) in [5.74, 6) is 0. The van der Waals surface area contributed by atoms with Gasteiger partial charge in [0.2, 0.25) is 0 Å². The Morgan fingerprint density at radius 1 is 1.42 bits per heavy atom. The van der Waals surface area contributed by atoms with Crippen LogP contribution in [0.5, 0.6) is 0 Å². The number of aliphatic hydroxyl groups excluding tert-OH is 2. The molecule has 0 aliphatic heterocycles. The molecule has 0 aliphatic rings. The van der Waals surface area contributed by atoms with Crippen LogP contribution in [-0.2, 0) is 4.79 Å². The van der Waals surface area contributed by atoms with Crippen molar-refractivity contribution in [2.24, 2.45) is 0 Å². The number of carbonyl (C=O) groups excluding carboxylic acids is 1. The summed E-state index contributed by atoms with van der Waals surface area (Å²) in [7, 11) is 0. The van der Waals surface area contributed by atoms with E-state index < -0.39 is 0 Å². The summed E-state index contributed by atoms with van der Waals surface area (Å²) in [4.78, 5) is 8.81. The van der Waals surface area contributed by atoms with Crippen molar-refractivity contribution in [1.29, 1.82) is 0 Å². The van der Waals surface area contributed by atoms with Crippen molar-refractivity contribution >= 4 is 6.29 Å². The number of carbonyl (C=O) groups is 1. The molecule has 0 rings (SSSR count). The fourth-order valence-corrected chi connectivity index (χ4v) is 0. The van der Waals surface area contributed by atoms with Gasteiger partial charge in [0.15, 0.2) is 0 Å². The highest BCUT2D eigenvalue weighted by Gasteiger charge is 1.81. The fraction of sp³-hybridized carbons (Fsp3) is 0.889. The molecule has 0 heterocycles. The number of hydrogen-bond donors (Lipinski definition) is 2. The van der Waals surface area contributed by atoms with Crippen molar-refractivity contribution in [1.82, 2.24) is 0 Å². The lowest BCUT2D eigenvalue weighted by molar-refractivity contribution is -0.106. The van der Waals surface area contributed by atoms with Crippen LogP contribution in [0, 0.1) is 0 Å². The SMILES string of the molecule is CC=O.CCC(C)O.CCCO. The molecule has 0 amide bonds. The molecule has 0 saturated heterocycles. The van der Waals surface area contributed by atoms with Gasteiger partial charge in [0.25, 0.3) is 0 Å². The number of aliphatic hydroxyl groups is 2. The molecule has 2 N–H and O–H groups in total. The summed E-state index contributed by atoms with van der Waals surface area (Å²) < 4.78 is 0. The maximum atomic E-state index is 8.81. The van der Waals surface area contributed by atoms with Crippen molar-refractivity contribution < 1.29 is 15.0 Å². The van der Waals surface area contributed by atoms with Crippen LogP contribution in [-0.4, -0.2) is 29.2 Å². The van der Waals surface area contributed by atoms with Crippen LogP contribution in [0.4, 0.5) is 0 Å². The zero-order chi connectivity index (χ0) is 10.4. The lowest BCUT2D eigenvalue weighted by Crippen LogP contribution is -1.93. The normalized spacial score (nSPS) is 9.83. The van der Waals surface area contributed by atoms with Gasteiger partial charge in [-0.15, -0.1) is 0 Å². The molecule has 1 unspecified atom stereocenters. The third-order valence-corrected chi connectivity index (χ3v) is 0.814. The number of rotatable bonds is 2. The Kier molecular flexibility index (Phi) is 32.9. The monoisotopic (exact) mass is 178 g/mol. The zero-order valence-electron chi connectivity index (χ0n) is 8.58. The Labute approximate surface area is 75.4 Å². The molecule has 0 aromatic rings. The molecule has 0 aromatic carbocycles. The molecular weight excluding hydrogens is 156 g/mol. The van der Waals surface area contributed by atoms with Crippen molar-refractivity contribution in [3.05, 3.63) is 0 Å². The largest absolute Gasteiger partial charge is 0.396 e. The molecule has 0 aliphatic carbocycles. The molecule has 0 aromatic heterocycles. The van der Waals surface area contributed by atoms with Crippen molar-refractivity contribution in [3.8, 4) is 0 Å². The van der Waals surface area contributed by atoms with Crippen LogP contribution in [0.1, 0.15) is 40.5 Å². The molecule has 0 radical (unpaired) electrons. The minimum atomic E-state index is -0.116. The maximum Gasteiger partial charge on any atom is 0.116 e. The standard InChI is InChI=1S/C4H10O.C3H8O.C2H4O/c1-3-4(2)5;1-2-3-4;1-2-3/h4-5H,3H2,1-2H3;4H,2-3H2,1H3;2H,1H3. The maximum absolute atomic E-state index is 8.81. The van der Waals surface area contributed by atoms with E-state index in [1.165, 1.54) is 6.92 Å². The highest BCUT2D eigenvalue weighted by Crippen LogP contribution is 1.81. The first-order valence-electron chi connectivity index (χ1n) is 4.29. The van der Waals surface area contributed by atoms with Crippen molar-refractivity contribution in [2.75, 3.05) is 6.61 Å². The summed E-state index contributed by atoms with van der Waals surface area (Å²) in [5.41, 5.74) is 0. The zero-order valence-corrected chi connectivity index (χ0v) is 8.58. The second kappa shape index (κ2) is 22.4. The van der Waals surface area contributed by atoms with Crippen molar-refractivity contribution in [2.45, 2.75) is 46.6 Å². The first-order chi connectivity index (χ1) is 5.60. The van der Waals surface area contributed by atoms with E-state index in [0.29, 0.717) is 6.61 Å². The second-order valence-electron chi connectivity index (χ2n) is 2.22. The topological polar surface area (TPSA) is 57.5 Å². The van der Waals surface area contributed by atoms with Gasteiger partial charge in [-0.3, -0.25) is 0 Å². The van der Waals surface area contributed by atoms with Crippen molar-refractivity contribution in [3.63, 3.8) is 0 Å². The minimum Gasteiger partial charge on any atom is -0.396 e. The van der Waals surface area contributed by atoms with Gasteiger partial charge in [-0.25, -0.2) is 0 Å². The predicted octanol–water partition coefficient (Wildman–Crippen LogP) is 1.37. The Bertz CT molecular complexity index is 60.8. The van der Waals surface area contributed by atoms with Gasteiger partial charge in [-0.05, 0) is 26.7 Å². The quantitative estimate of drug-likeness (QED) is 0.628. The van der Waals surface area contributed by atoms with Crippen LogP contribution in [0.2, 0.25) is 0 Å². The van der Waals surface area contributed by atoms with E-state index >= 15 is 0 Å². The second-order valence-corrected chi connectivity index (χ2v) is 2.22. The van der Waals surface area contributed by atoms with Crippen LogP contribution in [0.3, 0.4) is 0 Å². The summed E-state index contributed by atoms with van der Waals surface area (Å²) in [5, 5.41) is 16.2. The Morgan fingerprint density at radius 2 is 1.58 bits per heavy atom. The van der Waals surface area contributed by atoms with Gasteiger partial charge >= 0.3 is 0 Å². The van der Waals surface area contributed by atoms with E-state index in [2.05, 4.69) is 0 Å². The molecule has 12 heavy (non-hydrogen) atoms. The van der Waals surface area contributed by atoms with E-state index in [1.807, 2.05) is 13.8 Å². The van der Waals surface area contributed by atoms with Crippen LogP contribution < -0.4 is 0 Å². The Morgan fingerprint density at radius 3 is 1.58 bits per heavy atom. The summed E-state index contributed by atoms with van der Waals surface area (Å²) in [6.07, 6.45) is 2.37. The molecule has 0 fully saturated rings. The van der Waals surface area contributed by atoms with E-state index in [1.54, 1.807) is 6.92 Å². The molecule has 0 saturated carbocycles. The first kappa shape index (κ1) is 17.6. The average Bonchev–Trinajstić information content (AvgIpc) is 2.06. The molecule has 3 nitrogen and oxygen atoms in total. The molecule has 0 spiro atoms. The summed E-state index contributed by atoms with van der Waals surface area (Å²) in [6, 6.07) is 0. The van der Waals surface area contributed by atoms with E-state index in [-0.39, 0.29) is 6.10 Å². The lowest BCUT2D eigenvalue weighted by Gasteiger charge is -1.90. The van der Waals surface area contributed by atoms with Crippen LogP contribution in [0.15, 0.2) is 0 Å². The van der Waals surface area contributed by atoms with Gasteiger partial charge < -0.3 is 15.0 Å². The Balaban J connectivity index is -0.000000105. The third kappa shape index (κ3) is 105. The molecule has 1 atom stereocenters. The third-order valence-electron chi connectivity index (χ3n) is 0.814. The first-order valence-corrected chi connectivity index (χ1v) is 4.29. The minimum absolute atomic E-state index is 0.116. The molecule has 3 heteroatoms. The highest BCUT2D eigenvalue weighted by molar-refractivity contribution is 5.44. The van der Waals surface area contributed by atoms with Gasteiger partial charge in [0, 0.05) is 6.61 Å². The van der Waals surface area contributed by atoms with E-state index in [0.717, 1.165) is 19.1 Å². The fourth-order valence-electron chi connectivity index (χ4n) is 0.